The van der Waals surface area contributed by atoms with Gasteiger partial charge in [-0.2, -0.15) is 16.8 Å². The summed E-state index contributed by atoms with van der Waals surface area (Å²) in [6.45, 7) is 0. The van der Waals surface area contributed by atoms with Crippen LogP contribution in [0, 0.1) is 17.8 Å². The van der Waals surface area contributed by atoms with Crippen molar-refractivity contribution in [3.05, 3.63) is 0 Å². The van der Waals surface area contributed by atoms with Crippen molar-refractivity contribution in [1.29, 1.82) is 0 Å². The van der Waals surface area contributed by atoms with Gasteiger partial charge in [0.1, 0.15) is 0 Å². The molecule has 0 aliphatic heterocycles. The van der Waals surface area contributed by atoms with Crippen LogP contribution in [0.5, 0.6) is 0 Å². The van der Waals surface area contributed by atoms with E-state index in [0.29, 0.717) is 38.5 Å². The Bertz CT molecular complexity index is 1020. The minimum absolute atomic E-state index is 0.308. The summed E-state index contributed by atoms with van der Waals surface area (Å²) in [7, 11) is -9.94. The van der Waals surface area contributed by atoms with Crippen LogP contribution in [0.1, 0.15) is 70.6 Å². The van der Waals surface area contributed by atoms with Gasteiger partial charge in [-0.1, -0.05) is 38.5 Å². The Morgan fingerprint density at radius 1 is 0.722 bits per heavy atom. The third kappa shape index (κ3) is 7.60. The lowest BCUT2D eigenvalue weighted by Crippen LogP contribution is -2.62. The highest BCUT2D eigenvalue weighted by atomic mass is 32.2. The molecule has 0 amide bonds. The van der Waals surface area contributed by atoms with Gasteiger partial charge >= 0.3 is 23.9 Å². The number of carboxylic acids is 4. The summed E-state index contributed by atoms with van der Waals surface area (Å²) in [5, 5.41) is 33.5. The molecule has 16 heteroatoms. The van der Waals surface area contributed by atoms with Crippen LogP contribution in [0.4, 0.5) is 0 Å². The van der Waals surface area contributed by atoms with Crippen molar-refractivity contribution in [2.24, 2.45) is 17.8 Å². The largest absolute Gasteiger partial charge is 0.481 e. The Hall–Kier alpha value is -2.30. The maximum absolute atomic E-state index is 12.3. The summed E-state index contributed by atoms with van der Waals surface area (Å²) in [4.78, 5) is 44.2. The van der Waals surface area contributed by atoms with Gasteiger partial charge in [-0.15, -0.1) is 0 Å². The van der Waals surface area contributed by atoms with Crippen molar-refractivity contribution in [2.45, 2.75) is 80.6 Å². The normalized spacial score (nSPS) is 21.2. The monoisotopic (exact) mass is 560 g/mol. The first-order chi connectivity index (χ1) is 16.5. The zero-order chi connectivity index (χ0) is 27.9. The van der Waals surface area contributed by atoms with Crippen molar-refractivity contribution in [3.63, 3.8) is 0 Å². The molecule has 6 N–H and O–H groups in total. The quantitative estimate of drug-likeness (QED) is 0.206. The summed E-state index contributed by atoms with van der Waals surface area (Å²) in [6, 6.07) is 0. The predicted octanol–water partition coefficient (Wildman–Crippen LogP) is 1.36. The molecule has 0 aromatic carbocycles. The molecule has 2 aliphatic carbocycles. The average molecular weight is 561 g/mol. The number of hydrogen-bond acceptors (Lipinski definition) is 8. The van der Waals surface area contributed by atoms with Crippen LogP contribution >= 0.6 is 0 Å². The summed E-state index contributed by atoms with van der Waals surface area (Å²) in [6.07, 6.45) is 5.00. The Kier molecular flexibility index (Phi) is 11.3. The molecule has 208 valence electrons. The van der Waals surface area contributed by atoms with E-state index in [-0.39, 0.29) is 0 Å². The fourth-order valence-electron chi connectivity index (χ4n) is 5.26. The highest BCUT2D eigenvalue weighted by Gasteiger charge is 2.65. The van der Waals surface area contributed by atoms with E-state index in [1.807, 2.05) is 0 Å². The number of hydrogen-bond donors (Lipinski definition) is 6. The minimum atomic E-state index is -5.10. The third-order valence-corrected chi connectivity index (χ3v) is 9.52. The molecule has 14 nitrogen and oxygen atoms in total. The van der Waals surface area contributed by atoms with Gasteiger partial charge in [0.25, 0.3) is 20.2 Å². The number of aliphatic carboxylic acids is 4. The Morgan fingerprint density at radius 2 is 1.17 bits per heavy atom. The lowest BCUT2D eigenvalue weighted by atomic mass is 9.66. The first kappa shape index (κ1) is 31.7. The van der Waals surface area contributed by atoms with E-state index in [2.05, 4.69) is 0 Å². The summed E-state index contributed by atoms with van der Waals surface area (Å²) >= 11 is 0. The highest BCUT2D eigenvalue weighted by Crippen LogP contribution is 2.48. The van der Waals surface area contributed by atoms with Crippen molar-refractivity contribution in [2.75, 3.05) is 0 Å². The Morgan fingerprint density at radius 3 is 1.44 bits per heavy atom. The first-order valence-corrected chi connectivity index (χ1v) is 14.3. The van der Waals surface area contributed by atoms with Gasteiger partial charge in [-0.3, -0.25) is 28.3 Å². The summed E-state index contributed by atoms with van der Waals surface area (Å²) < 4.78 is 60.5. The SMILES string of the molecule is O=C(O)C(C1CCCCC1)C(C(=O)O)(C1CCCCC1)S(=O)(=O)O.O=C(O)CC(C(=O)O)S(=O)(=O)O. The van der Waals surface area contributed by atoms with E-state index < -0.39 is 78.3 Å². The zero-order valence-corrected chi connectivity index (χ0v) is 21.0. The molecule has 36 heavy (non-hydrogen) atoms. The maximum Gasteiger partial charge on any atom is 0.328 e. The maximum atomic E-state index is 12.3. The standard InChI is InChI=1S/C16H26O7S.C4H6O7S/c17-14(18)13(11-7-3-1-4-8-11)16(15(19)20,24(21,22)23)12-9-5-2-6-10-12;5-3(6)1-2(4(7)8)12(9,10)11/h11-13H,1-10H2,(H,17,18)(H,19,20)(H,21,22,23);2H,1H2,(H,5,6)(H,7,8)(H,9,10,11). The molecule has 3 unspecified atom stereocenters. The molecule has 2 rings (SSSR count). The van der Waals surface area contributed by atoms with Crippen molar-refractivity contribution in [3.8, 4) is 0 Å². The Balaban J connectivity index is 0.000000457. The molecule has 2 aliphatic rings. The topological polar surface area (TPSA) is 258 Å². The molecule has 2 saturated carbocycles. The van der Waals surface area contributed by atoms with Crippen LogP contribution in [0.15, 0.2) is 0 Å². The number of carboxylic acid groups (broad SMARTS) is 4. The zero-order valence-electron chi connectivity index (χ0n) is 19.4. The second-order valence-corrected chi connectivity index (χ2v) is 12.3. The molecular formula is C20H32O14S2. The second kappa shape index (κ2) is 12.8. The van der Waals surface area contributed by atoms with Gasteiger partial charge in [0.2, 0.25) is 4.75 Å². The van der Waals surface area contributed by atoms with Crippen molar-refractivity contribution < 1.29 is 65.5 Å². The Labute approximate surface area is 208 Å². The molecule has 0 aromatic heterocycles. The third-order valence-electron chi connectivity index (χ3n) is 6.82. The van der Waals surface area contributed by atoms with E-state index in [1.165, 1.54) is 0 Å². The molecule has 2 fully saturated rings. The fourth-order valence-corrected chi connectivity index (χ4v) is 7.36. The van der Waals surface area contributed by atoms with Crippen LogP contribution in [-0.4, -0.2) is 80.2 Å². The van der Waals surface area contributed by atoms with Crippen LogP contribution in [-0.2, 0) is 39.4 Å². The molecule has 0 bridgehead atoms. The van der Waals surface area contributed by atoms with Gasteiger partial charge in [0.15, 0.2) is 5.25 Å². The van der Waals surface area contributed by atoms with E-state index >= 15 is 0 Å². The molecule has 0 heterocycles. The molecule has 0 radical (unpaired) electrons. The smallest absolute Gasteiger partial charge is 0.328 e. The summed E-state index contributed by atoms with van der Waals surface area (Å²) in [5.74, 6) is -9.70. The predicted molar refractivity (Wildman–Crippen MR) is 121 cm³/mol. The van der Waals surface area contributed by atoms with Gasteiger partial charge in [-0.05, 0) is 37.5 Å². The lowest BCUT2D eigenvalue weighted by molar-refractivity contribution is -0.157. The van der Waals surface area contributed by atoms with E-state index in [4.69, 9.17) is 14.8 Å². The number of carbonyl (C=O) groups is 4. The van der Waals surface area contributed by atoms with E-state index in [0.717, 1.165) is 25.7 Å². The minimum Gasteiger partial charge on any atom is -0.481 e. The van der Waals surface area contributed by atoms with Gasteiger partial charge in [-0.25, -0.2) is 0 Å². The molecule has 0 spiro atoms. The van der Waals surface area contributed by atoms with Gasteiger partial charge in [0, 0.05) is 0 Å². The van der Waals surface area contributed by atoms with Gasteiger partial charge < -0.3 is 20.4 Å². The van der Waals surface area contributed by atoms with Crippen molar-refractivity contribution >= 4 is 44.1 Å². The van der Waals surface area contributed by atoms with E-state index in [1.54, 1.807) is 0 Å². The second-order valence-electron chi connectivity index (χ2n) is 9.06. The molecule has 0 saturated heterocycles. The van der Waals surface area contributed by atoms with Crippen LogP contribution in [0.3, 0.4) is 0 Å². The average Bonchev–Trinajstić information content (AvgIpc) is 2.75. The van der Waals surface area contributed by atoms with E-state index in [9.17, 15) is 50.8 Å². The lowest BCUT2D eigenvalue weighted by Gasteiger charge is -2.43. The summed E-state index contributed by atoms with van der Waals surface area (Å²) in [5.41, 5.74) is 0. The first-order valence-electron chi connectivity index (χ1n) is 11.3. The van der Waals surface area contributed by atoms with Crippen LogP contribution in [0.2, 0.25) is 0 Å². The highest BCUT2D eigenvalue weighted by molar-refractivity contribution is 7.88. The van der Waals surface area contributed by atoms with Crippen LogP contribution < -0.4 is 0 Å². The van der Waals surface area contributed by atoms with Crippen molar-refractivity contribution in [1.82, 2.24) is 0 Å². The molecular weight excluding hydrogens is 528 g/mol. The number of rotatable bonds is 10. The fraction of sp³-hybridized carbons (Fsp3) is 0.800. The van der Waals surface area contributed by atoms with Gasteiger partial charge in [0.05, 0.1) is 12.3 Å². The molecule has 3 atom stereocenters. The molecule has 0 aromatic rings. The van der Waals surface area contributed by atoms with Crippen LogP contribution in [0.25, 0.3) is 0 Å².